The van der Waals surface area contributed by atoms with Crippen molar-refractivity contribution in [2.45, 2.75) is 19.8 Å². The van der Waals surface area contributed by atoms with Crippen LogP contribution in [-0.4, -0.2) is 41.0 Å². The van der Waals surface area contributed by atoms with Gasteiger partial charge in [0.1, 0.15) is 11.0 Å². The lowest BCUT2D eigenvalue weighted by molar-refractivity contribution is -0.116. The maximum absolute atomic E-state index is 11.9. The Hall–Kier alpha value is -4.14. The quantitative estimate of drug-likeness (QED) is 0.414. The van der Waals surface area contributed by atoms with E-state index in [1.807, 2.05) is 37.3 Å². The summed E-state index contributed by atoms with van der Waals surface area (Å²) in [5, 5.41) is 10.3. The van der Waals surface area contributed by atoms with Crippen molar-refractivity contribution in [3.8, 4) is 22.8 Å². The van der Waals surface area contributed by atoms with Gasteiger partial charge >= 0.3 is 0 Å². The molecule has 0 unspecified atom stereocenters. The van der Waals surface area contributed by atoms with Crippen molar-refractivity contribution in [3.05, 3.63) is 48.9 Å². The average Bonchev–Trinajstić information content (AvgIpc) is 3.37. The van der Waals surface area contributed by atoms with Gasteiger partial charge in [-0.3, -0.25) is 14.9 Å². The van der Waals surface area contributed by atoms with E-state index in [4.69, 9.17) is 4.98 Å². The molecular formula is C21H18N8O. The van der Waals surface area contributed by atoms with Gasteiger partial charge in [0, 0.05) is 24.4 Å². The van der Waals surface area contributed by atoms with Crippen molar-refractivity contribution in [2.24, 2.45) is 0 Å². The predicted octanol–water partition coefficient (Wildman–Crippen LogP) is 3.70. The number of aromatic nitrogens is 7. The third kappa shape index (κ3) is 3.26. The summed E-state index contributed by atoms with van der Waals surface area (Å²) < 4.78 is 0. The van der Waals surface area contributed by atoms with E-state index < -0.39 is 0 Å². The van der Waals surface area contributed by atoms with E-state index in [0.717, 1.165) is 28.7 Å². The lowest BCUT2D eigenvalue weighted by Crippen LogP contribution is -2.10. The molecule has 5 heterocycles. The number of nitrogens with one attached hydrogen (secondary N) is 3. The number of imidazole rings is 1. The lowest BCUT2D eigenvalue weighted by Gasteiger charge is -2.06. The summed E-state index contributed by atoms with van der Waals surface area (Å²) in [5.41, 5.74) is 5.71. The van der Waals surface area contributed by atoms with Crippen LogP contribution in [0.3, 0.4) is 0 Å². The zero-order valence-corrected chi connectivity index (χ0v) is 16.2. The Morgan fingerprint density at radius 3 is 2.97 bits per heavy atom. The van der Waals surface area contributed by atoms with Crippen LogP contribution in [0.1, 0.15) is 19.8 Å². The van der Waals surface area contributed by atoms with Crippen molar-refractivity contribution in [1.82, 2.24) is 35.1 Å². The molecule has 9 nitrogen and oxygen atoms in total. The molecule has 148 valence electrons. The highest BCUT2D eigenvalue weighted by atomic mass is 16.1. The third-order valence-electron chi connectivity index (χ3n) is 4.68. The Morgan fingerprint density at radius 2 is 2.10 bits per heavy atom. The Kier molecular flexibility index (Phi) is 4.40. The molecule has 0 saturated heterocycles. The highest BCUT2D eigenvalue weighted by molar-refractivity contribution is 5.92. The summed E-state index contributed by atoms with van der Waals surface area (Å²) in [6.07, 6.45) is 6.31. The van der Waals surface area contributed by atoms with Crippen LogP contribution in [0.4, 0.5) is 5.69 Å². The van der Waals surface area contributed by atoms with Gasteiger partial charge in [0.05, 0.1) is 23.1 Å². The number of nitrogens with zero attached hydrogens (tertiary/aromatic N) is 5. The van der Waals surface area contributed by atoms with Crippen LogP contribution in [0.15, 0.2) is 48.9 Å². The SMILES string of the molecule is CCCC(=O)Nc1cncc(-c2ccc3[nH]nc(-c4nc5cccnc5[nH]4)c3n2)c1. The van der Waals surface area contributed by atoms with E-state index in [2.05, 4.69) is 35.5 Å². The summed E-state index contributed by atoms with van der Waals surface area (Å²) in [6, 6.07) is 9.39. The minimum atomic E-state index is -0.0320. The maximum Gasteiger partial charge on any atom is 0.224 e. The first-order chi connectivity index (χ1) is 14.7. The number of hydrogen-bond acceptors (Lipinski definition) is 6. The molecule has 0 saturated carbocycles. The molecule has 30 heavy (non-hydrogen) atoms. The third-order valence-corrected chi connectivity index (χ3v) is 4.68. The first-order valence-corrected chi connectivity index (χ1v) is 9.63. The average molecular weight is 398 g/mol. The molecule has 5 aromatic heterocycles. The number of rotatable bonds is 5. The smallest absolute Gasteiger partial charge is 0.224 e. The second-order valence-corrected chi connectivity index (χ2v) is 6.88. The van der Waals surface area contributed by atoms with Gasteiger partial charge in [-0.2, -0.15) is 5.10 Å². The highest BCUT2D eigenvalue weighted by Gasteiger charge is 2.15. The fourth-order valence-corrected chi connectivity index (χ4v) is 3.28. The van der Waals surface area contributed by atoms with Crippen molar-refractivity contribution in [1.29, 1.82) is 0 Å². The van der Waals surface area contributed by atoms with Crippen LogP contribution in [0, 0.1) is 0 Å². The molecule has 0 aliphatic rings. The molecule has 1 amide bonds. The monoisotopic (exact) mass is 398 g/mol. The fourth-order valence-electron chi connectivity index (χ4n) is 3.28. The fraction of sp³-hybridized carbons (Fsp3) is 0.143. The maximum atomic E-state index is 11.9. The Bertz CT molecular complexity index is 1340. The molecule has 0 radical (unpaired) electrons. The van der Waals surface area contributed by atoms with Gasteiger partial charge in [-0.05, 0) is 36.8 Å². The van der Waals surface area contributed by atoms with Gasteiger partial charge in [0.25, 0.3) is 0 Å². The highest BCUT2D eigenvalue weighted by Crippen LogP contribution is 2.27. The van der Waals surface area contributed by atoms with Crippen molar-refractivity contribution >= 4 is 33.8 Å². The van der Waals surface area contributed by atoms with E-state index in [0.29, 0.717) is 34.8 Å². The molecule has 0 bridgehead atoms. The summed E-state index contributed by atoms with van der Waals surface area (Å²) in [4.78, 5) is 33.0. The minimum absolute atomic E-state index is 0.0320. The van der Waals surface area contributed by atoms with E-state index in [-0.39, 0.29) is 5.91 Å². The number of anilines is 1. The molecule has 0 fully saturated rings. The molecule has 3 N–H and O–H groups in total. The molecular weight excluding hydrogens is 380 g/mol. The number of fused-ring (bicyclic) bond motifs is 2. The van der Waals surface area contributed by atoms with Gasteiger partial charge in [0.15, 0.2) is 17.2 Å². The van der Waals surface area contributed by atoms with Crippen LogP contribution < -0.4 is 5.32 Å². The van der Waals surface area contributed by atoms with Crippen molar-refractivity contribution in [2.75, 3.05) is 5.32 Å². The van der Waals surface area contributed by atoms with Crippen LogP contribution in [0.25, 0.3) is 45.0 Å². The Morgan fingerprint density at radius 1 is 1.17 bits per heavy atom. The van der Waals surface area contributed by atoms with E-state index in [1.54, 1.807) is 18.6 Å². The molecule has 0 aliphatic heterocycles. The number of carbonyl (C=O) groups is 1. The minimum Gasteiger partial charge on any atom is -0.325 e. The topological polar surface area (TPSA) is 125 Å². The second kappa shape index (κ2) is 7.36. The summed E-state index contributed by atoms with van der Waals surface area (Å²) in [7, 11) is 0. The van der Waals surface area contributed by atoms with E-state index >= 15 is 0 Å². The van der Waals surface area contributed by atoms with E-state index in [9.17, 15) is 4.79 Å². The molecule has 5 aromatic rings. The van der Waals surface area contributed by atoms with Crippen LogP contribution >= 0.6 is 0 Å². The lowest BCUT2D eigenvalue weighted by atomic mass is 10.1. The Balaban J connectivity index is 1.54. The van der Waals surface area contributed by atoms with Crippen LogP contribution in [-0.2, 0) is 4.79 Å². The molecule has 5 rings (SSSR count). The van der Waals surface area contributed by atoms with Crippen LogP contribution in [0.2, 0.25) is 0 Å². The van der Waals surface area contributed by atoms with E-state index in [1.165, 1.54) is 0 Å². The van der Waals surface area contributed by atoms with Gasteiger partial charge in [-0.15, -0.1) is 0 Å². The second-order valence-electron chi connectivity index (χ2n) is 6.88. The van der Waals surface area contributed by atoms with Gasteiger partial charge in [0.2, 0.25) is 5.91 Å². The van der Waals surface area contributed by atoms with Crippen molar-refractivity contribution < 1.29 is 4.79 Å². The number of H-pyrrole nitrogens is 2. The van der Waals surface area contributed by atoms with Crippen molar-refractivity contribution in [3.63, 3.8) is 0 Å². The summed E-state index contributed by atoms with van der Waals surface area (Å²) >= 11 is 0. The molecule has 0 aliphatic carbocycles. The molecule has 0 aromatic carbocycles. The van der Waals surface area contributed by atoms with Gasteiger partial charge in [-0.1, -0.05) is 6.92 Å². The van der Waals surface area contributed by atoms with Gasteiger partial charge in [-0.25, -0.2) is 15.0 Å². The molecule has 9 heteroatoms. The molecule has 0 atom stereocenters. The summed E-state index contributed by atoms with van der Waals surface area (Å²) in [5.74, 6) is 0.564. The zero-order chi connectivity index (χ0) is 20.5. The Labute approximate surface area is 171 Å². The summed E-state index contributed by atoms with van der Waals surface area (Å²) in [6.45, 7) is 1.97. The largest absolute Gasteiger partial charge is 0.325 e. The van der Waals surface area contributed by atoms with Crippen LogP contribution in [0.5, 0.6) is 0 Å². The number of pyridine rings is 3. The number of amides is 1. The standard InChI is InChI=1S/C21H18N8O/c1-2-4-17(30)24-13-9-12(10-22-11-13)14-6-7-15-18(25-14)19(29-28-15)21-26-16-5-3-8-23-20(16)27-21/h3,5-11H,2,4H2,1H3,(H,24,30)(H,28,29)(H,23,26,27). The molecule has 0 spiro atoms. The number of aromatic amines is 2. The first kappa shape index (κ1) is 17.9. The predicted molar refractivity (Wildman–Crippen MR) is 114 cm³/mol. The normalized spacial score (nSPS) is 11.2. The first-order valence-electron chi connectivity index (χ1n) is 9.63. The number of carbonyl (C=O) groups excluding carboxylic acids is 1. The number of hydrogen-bond donors (Lipinski definition) is 3. The van der Waals surface area contributed by atoms with Gasteiger partial charge < -0.3 is 10.3 Å². The zero-order valence-electron chi connectivity index (χ0n) is 16.2.